The molecule has 0 bridgehead atoms. The van der Waals surface area contributed by atoms with Crippen molar-refractivity contribution in [3.05, 3.63) is 40.9 Å². The van der Waals surface area contributed by atoms with Gasteiger partial charge >= 0.3 is 6.03 Å². The van der Waals surface area contributed by atoms with Crippen molar-refractivity contribution in [3.63, 3.8) is 0 Å². The maximum atomic E-state index is 12.1. The molecule has 3 amide bonds. The second-order valence-corrected chi connectivity index (χ2v) is 5.75. The molecule has 22 heavy (non-hydrogen) atoms. The van der Waals surface area contributed by atoms with Gasteiger partial charge in [-0.15, -0.1) is 0 Å². The molecule has 0 radical (unpaired) electrons. The van der Waals surface area contributed by atoms with E-state index in [1.54, 1.807) is 12.1 Å². The maximum Gasteiger partial charge on any atom is 0.314 e. The molecule has 1 fully saturated rings. The highest BCUT2D eigenvalue weighted by atomic mass is 35.5. The van der Waals surface area contributed by atoms with Crippen molar-refractivity contribution in [2.45, 2.75) is 25.8 Å². The molecule has 1 aliphatic rings. The topological polar surface area (TPSA) is 75.4 Å². The minimum absolute atomic E-state index is 0.0475. The summed E-state index contributed by atoms with van der Waals surface area (Å²) < 4.78 is 0. The van der Waals surface area contributed by atoms with Crippen molar-refractivity contribution in [1.82, 2.24) is 10.2 Å². The van der Waals surface area contributed by atoms with Gasteiger partial charge < -0.3 is 16.0 Å². The highest BCUT2D eigenvalue weighted by Gasteiger charge is 2.25. The summed E-state index contributed by atoms with van der Waals surface area (Å²) in [5.41, 5.74) is 7.09. The molecular weight excluding hydrogens is 302 g/mol. The van der Waals surface area contributed by atoms with E-state index in [9.17, 15) is 9.59 Å². The Labute approximate surface area is 135 Å². The molecule has 3 N–H and O–H groups in total. The molecule has 118 valence electrons. The fourth-order valence-corrected chi connectivity index (χ4v) is 2.75. The zero-order valence-electron chi connectivity index (χ0n) is 12.5. The van der Waals surface area contributed by atoms with Crippen molar-refractivity contribution in [3.8, 4) is 0 Å². The van der Waals surface area contributed by atoms with Crippen LogP contribution in [-0.2, 0) is 4.79 Å². The molecule has 1 aromatic rings. The Morgan fingerprint density at radius 3 is 2.86 bits per heavy atom. The molecule has 5 nitrogen and oxygen atoms in total. The zero-order valence-corrected chi connectivity index (χ0v) is 13.3. The van der Waals surface area contributed by atoms with Crippen LogP contribution in [0, 0.1) is 0 Å². The largest absolute Gasteiger partial charge is 0.351 e. The molecule has 1 heterocycles. The number of halogens is 1. The van der Waals surface area contributed by atoms with Gasteiger partial charge in [0.25, 0.3) is 0 Å². The number of nitrogens with zero attached hydrogens (tertiary/aromatic N) is 1. The van der Waals surface area contributed by atoms with E-state index >= 15 is 0 Å². The van der Waals surface area contributed by atoms with Crippen LogP contribution < -0.4 is 11.1 Å². The third-order valence-electron chi connectivity index (χ3n) is 3.73. The smallest absolute Gasteiger partial charge is 0.314 e. The van der Waals surface area contributed by atoms with Crippen molar-refractivity contribution in [2.75, 3.05) is 13.1 Å². The van der Waals surface area contributed by atoms with Gasteiger partial charge in [-0.2, -0.15) is 0 Å². The van der Waals surface area contributed by atoms with Crippen LogP contribution in [0.15, 0.2) is 30.3 Å². The van der Waals surface area contributed by atoms with Gasteiger partial charge in [-0.25, -0.2) is 4.79 Å². The second kappa shape index (κ2) is 7.31. The molecule has 1 atom stereocenters. The van der Waals surface area contributed by atoms with Gasteiger partial charge in [0, 0.05) is 30.2 Å². The predicted octanol–water partition coefficient (Wildman–Crippen LogP) is 2.40. The molecule has 0 saturated carbocycles. The van der Waals surface area contributed by atoms with Crippen LogP contribution in [-0.4, -0.2) is 36.0 Å². The summed E-state index contributed by atoms with van der Waals surface area (Å²) in [6, 6.07) is 6.94. The van der Waals surface area contributed by atoms with E-state index in [1.807, 2.05) is 25.1 Å². The summed E-state index contributed by atoms with van der Waals surface area (Å²) in [6.45, 7) is 3.04. The summed E-state index contributed by atoms with van der Waals surface area (Å²) >= 11 is 5.99. The number of rotatable bonds is 4. The average Bonchev–Trinajstić information content (AvgIpc) is 2.93. The van der Waals surface area contributed by atoms with Gasteiger partial charge in [-0.1, -0.05) is 30.7 Å². The lowest BCUT2D eigenvalue weighted by Gasteiger charge is -2.14. The lowest BCUT2D eigenvalue weighted by Crippen LogP contribution is -2.39. The number of nitrogens with two attached hydrogens (primary N) is 1. The summed E-state index contributed by atoms with van der Waals surface area (Å²) in [6.07, 6.45) is 3.05. The number of hydrogen-bond acceptors (Lipinski definition) is 2. The molecule has 0 aliphatic carbocycles. The quantitative estimate of drug-likeness (QED) is 0.836. The van der Waals surface area contributed by atoms with Crippen LogP contribution in [0.3, 0.4) is 0 Å². The minimum Gasteiger partial charge on any atom is -0.351 e. The van der Waals surface area contributed by atoms with E-state index in [4.69, 9.17) is 17.3 Å². The highest BCUT2D eigenvalue weighted by molar-refractivity contribution is 6.30. The number of benzene rings is 1. The Kier molecular flexibility index (Phi) is 5.44. The highest BCUT2D eigenvalue weighted by Crippen LogP contribution is 2.21. The van der Waals surface area contributed by atoms with Crippen molar-refractivity contribution in [2.24, 2.45) is 5.73 Å². The normalized spacial score (nSPS) is 18.4. The fraction of sp³-hybridized carbons (Fsp3) is 0.375. The average molecular weight is 322 g/mol. The number of hydrogen-bond donors (Lipinski definition) is 2. The van der Waals surface area contributed by atoms with E-state index in [2.05, 4.69) is 5.32 Å². The number of carbonyl (C=O) groups excluding carboxylic acids is 2. The van der Waals surface area contributed by atoms with Crippen LogP contribution in [0.4, 0.5) is 4.79 Å². The Balaban J connectivity index is 2.01. The summed E-state index contributed by atoms with van der Waals surface area (Å²) in [5.74, 6) is -0.159. The van der Waals surface area contributed by atoms with Crippen molar-refractivity contribution < 1.29 is 9.59 Å². The number of allylic oxidation sites excluding steroid dienone is 1. The summed E-state index contributed by atoms with van der Waals surface area (Å²) in [5, 5.41) is 3.56. The fourth-order valence-electron chi connectivity index (χ4n) is 2.56. The van der Waals surface area contributed by atoms with E-state index in [0.717, 1.165) is 24.0 Å². The van der Waals surface area contributed by atoms with Gasteiger partial charge in [0.15, 0.2) is 0 Å². The number of amides is 3. The van der Waals surface area contributed by atoms with Gasteiger partial charge in [-0.3, -0.25) is 4.79 Å². The number of nitrogens with one attached hydrogen (secondary N) is 1. The van der Waals surface area contributed by atoms with Gasteiger partial charge in [0.05, 0.1) is 0 Å². The van der Waals surface area contributed by atoms with Gasteiger partial charge in [0.1, 0.15) is 0 Å². The number of urea groups is 1. The van der Waals surface area contributed by atoms with E-state index in [0.29, 0.717) is 18.1 Å². The molecule has 1 unspecified atom stereocenters. The summed E-state index contributed by atoms with van der Waals surface area (Å²) in [7, 11) is 0. The lowest BCUT2D eigenvalue weighted by atomic mass is 10.0. The predicted molar refractivity (Wildman–Crippen MR) is 87.4 cm³/mol. The number of likely N-dealkylation sites (tertiary alicyclic amines) is 1. The third kappa shape index (κ3) is 4.24. The molecule has 1 saturated heterocycles. The molecular formula is C16H20ClN3O2. The monoisotopic (exact) mass is 321 g/mol. The maximum absolute atomic E-state index is 12.1. The molecule has 0 aromatic heterocycles. The first-order valence-electron chi connectivity index (χ1n) is 7.31. The number of primary amides is 1. The first-order valence-corrected chi connectivity index (χ1v) is 7.68. The molecule has 2 rings (SSSR count). The van der Waals surface area contributed by atoms with Crippen LogP contribution in [0.2, 0.25) is 5.02 Å². The lowest BCUT2D eigenvalue weighted by molar-refractivity contribution is -0.117. The van der Waals surface area contributed by atoms with Gasteiger partial charge in [-0.05, 0) is 36.1 Å². The Morgan fingerprint density at radius 2 is 2.27 bits per heavy atom. The summed E-state index contributed by atoms with van der Waals surface area (Å²) in [4.78, 5) is 24.8. The first-order chi connectivity index (χ1) is 10.5. The number of carbonyl (C=O) groups is 2. The van der Waals surface area contributed by atoms with Gasteiger partial charge in [0.2, 0.25) is 5.91 Å². The Bertz CT molecular complexity index is 601. The molecule has 0 spiro atoms. The first kappa shape index (κ1) is 16.4. The van der Waals surface area contributed by atoms with Crippen molar-refractivity contribution in [1.29, 1.82) is 0 Å². The van der Waals surface area contributed by atoms with E-state index in [1.165, 1.54) is 4.90 Å². The standard InChI is InChI=1S/C16H20ClN3O2/c1-2-11(12-4-3-5-13(17)8-12)9-15(21)19-14-6-7-20(10-14)16(18)22/h3-5,8-9,14H,2,6-7,10H2,1H3,(H2,18,22)(H,19,21). The van der Waals surface area contributed by atoms with Crippen molar-refractivity contribution >= 4 is 29.1 Å². The van der Waals surface area contributed by atoms with Crippen LogP contribution in [0.5, 0.6) is 0 Å². The Morgan fingerprint density at radius 1 is 1.50 bits per heavy atom. The van der Waals surface area contributed by atoms with Crippen LogP contribution >= 0.6 is 11.6 Å². The van der Waals surface area contributed by atoms with E-state index < -0.39 is 6.03 Å². The zero-order chi connectivity index (χ0) is 16.1. The SMILES string of the molecule is CCC(=CC(=O)NC1CCN(C(N)=O)C1)c1cccc(Cl)c1. The third-order valence-corrected chi connectivity index (χ3v) is 3.96. The van der Waals surface area contributed by atoms with Crippen LogP contribution in [0.1, 0.15) is 25.3 Å². The minimum atomic E-state index is -0.444. The molecule has 1 aliphatic heterocycles. The van der Waals surface area contributed by atoms with Crippen LogP contribution in [0.25, 0.3) is 5.57 Å². The molecule has 1 aromatic carbocycles. The van der Waals surface area contributed by atoms with E-state index in [-0.39, 0.29) is 11.9 Å². The Hall–Kier alpha value is -2.01. The molecule has 6 heteroatoms. The second-order valence-electron chi connectivity index (χ2n) is 5.31.